The molecule has 1 aliphatic heterocycles. The molecular formula is C19H21ClN2O. The number of benzene rings is 2. The van der Waals surface area contributed by atoms with Crippen molar-refractivity contribution < 1.29 is 4.79 Å². The maximum atomic E-state index is 12.4. The van der Waals surface area contributed by atoms with Crippen LogP contribution in [0.4, 0.5) is 5.69 Å². The highest BCUT2D eigenvalue weighted by molar-refractivity contribution is 6.30. The maximum Gasteiger partial charge on any atom is 0.253 e. The first-order valence-corrected chi connectivity index (χ1v) is 8.48. The summed E-state index contributed by atoms with van der Waals surface area (Å²) in [5, 5.41) is 4.09. The van der Waals surface area contributed by atoms with Crippen molar-refractivity contribution in [2.45, 2.75) is 25.8 Å². The van der Waals surface area contributed by atoms with E-state index < -0.39 is 0 Å². The minimum Gasteiger partial charge on any atom is -0.381 e. The zero-order valence-electron chi connectivity index (χ0n) is 13.1. The summed E-state index contributed by atoms with van der Waals surface area (Å²) in [6.45, 7) is 2.47. The zero-order valence-corrected chi connectivity index (χ0v) is 13.9. The Balaban J connectivity index is 1.59. The third kappa shape index (κ3) is 4.26. The predicted octanol–water partition coefficient (Wildman–Crippen LogP) is 4.58. The van der Waals surface area contributed by atoms with Gasteiger partial charge in [-0.25, -0.2) is 0 Å². The van der Waals surface area contributed by atoms with Gasteiger partial charge in [-0.3, -0.25) is 4.79 Å². The normalized spacial score (nSPS) is 14.6. The van der Waals surface area contributed by atoms with Crippen molar-refractivity contribution in [2.75, 3.05) is 18.4 Å². The first-order chi connectivity index (χ1) is 11.2. The van der Waals surface area contributed by atoms with Crippen molar-refractivity contribution in [3.8, 4) is 0 Å². The van der Waals surface area contributed by atoms with Crippen LogP contribution in [0.3, 0.4) is 0 Å². The van der Waals surface area contributed by atoms with Gasteiger partial charge in [-0.1, -0.05) is 23.7 Å². The molecule has 1 fully saturated rings. The Labute approximate surface area is 142 Å². The molecule has 0 spiro atoms. The maximum absolute atomic E-state index is 12.4. The van der Waals surface area contributed by atoms with Crippen LogP contribution in [0, 0.1) is 0 Å². The van der Waals surface area contributed by atoms with E-state index in [-0.39, 0.29) is 5.91 Å². The molecule has 2 aromatic carbocycles. The van der Waals surface area contributed by atoms with E-state index in [2.05, 4.69) is 5.32 Å². The molecular weight excluding hydrogens is 308 g/mol. The molecule has 1 saturated heterocycles. The number of carbonyl (C=O) groups excluding carboxylic acids is 1. The van der Waals surface area contributed by atoms with Crippen LogP contribution in [0.5, 0.6) is 0 Å². The molecule has 0 bridgehead atoms. The topological polar surface area (TPSA) is 32.3 Å². The van der Waals surface area contributed by atoms with Gasteiger partial charge < -0.3 is 10.2 Å². The number of anilines is 1. The quantitative estimate of drug-likeness (QED) is 0.891. The molecule has 3 rings (SSSR count). The Kier molecular flexibility index (Phi) is 5.19. The average molecular weight is 329 g/mol. The lowest BCUT2D eigenvalue weighted by atomic mass is 10.1. The van der Waals surface area contributed by atoms with Crippen LogP contribution in [0.1, 0.15) is 35.2 Å². The molecule has 0 saturated carbocycles. The number of likely N-dealkylation sites (tertiary alicyclic amines) is 1. The number of nitrogens with one attached hydrogen (secondary N) is 1. The van der Waals surface area contributed by atoms with Crippen LogP contribution in [-0.2, 0) is 6.54 Å². The fourth-order valence-corrected chi connectivity index (χ4v) is 3.07. The summed E-state index contributed by atoms with van der Waals surface area (Å²) < 4.78 is 0. The molecule has 1 N–H and O–H groups in total. The fraction of sp³-hybridized carbons (Fsp3) is 0.316. The Morgan fingerprint density at radius 1 is 1.04 bits per heavy atom. The van der Waals surface area contributed by atoms with Crippen LogP contribution in [-0.4, -0.2) is 23.9 Å². The lowest BCUT2D eigenvalue weighted by Gasteiger charge is -2.26. The van der Waals surface area contributed by atoms with Crippen molar-refractivity contribution >= 4 is 23.2 Å². The first-order valence-electron chi connectivity index (χ1n) is 8.10. The van der Waals surface area contributed by atoms with Crippen LogP contribution in [0.15, 0.2) is 48.5 Å². The molecule has 0 unspecified atom stereocenters. The van der Waals surface area contributed by atoms with Gasteiger partial charge in [-0.05, 0) is 61.2 Å². The lowest BCUT2D eigenvalue weighted by molar-refractivity contribution is 0.0724. The van der Waals surface area contributed by atoms with Gasteiger partial charge in [0.2, 0.25) is 0 Å². The Morgan fingerprint density at radius 2 is 1.78 bits per heavy atom. The molecule has 1 aliphatic rings. The monoisotopic (exact) mass is 328 g/mol. The number of piperidine rings is 1. The Bertz CT molecular complexity index is 663. The number of hydrogen-bond acceptors (Lipinski definition) is 2. The van der Waals surface area contributed by atoms with Crippen molar-refractivity contribution in [1.29, 1.82) is 0 Å². The Hall–Kier alpha value is -2.00. The highest BCUT2D eigenvalue weighted by Crippen LogP contribution is 2.17. The van der Waals surface area contributed by atoms with Gasteiger partial charge in [-0.15, -0.1) is 0 Å². The largest absolute Gasteiger partial charge is 0.381 e. The van der Waals surface area contributed by atoms with Gasteiger partial charge in [0.05, 0.1) is 0 Å². The molecule has 1 amide bonds. The molecule has 2 aromatic rings. The summed E-state index contributed by atoms with van der Waals surface area (Å²) >= 11 is 5.99. The molecule has 0 aromatic heterocycles. The third-order valence-electron chi connectivity index (χ3n) is 4.16. The van der Waals surface area contributed by atoms with Crippen molar-refractivity contribution in [2.24, 2.45) is 0 Å². The summed E-state index contributed by atoms with van der Waals surface area (Å²) in [6.07, 6.45) is 3.46. The van der Waals surface area contributed by atoms with Crippen LogP contribution in [0.2, 0.25) is 5.02 Å². The van der Waals surface area contributed by atoms with Crippen molar-refractivity contribution in [3.05, 3.63) is 64.7 Å². The van der Waals surface area contributed by atoms with Crippen LogP contribution >= 0.6 is 11.6 Å². The van der Waals surface area contributed by atoms with Gasteiger partial charge >= 0.3 is 0 Å². The van der Waals surface area contributed by atoms with E-state index in [4.69, 9.17) is 11.6 Å². The number of amides is 1. The van der Waals surface area contributed by atoms with E-state index in [1.165, 1.54) is 6.42 Å². The third-order valence-corrected chi connectivity index (χ3v) is 4.40. The standard InChI is InChI=1S/C19H21ClN2O/c20-17-6-4-5-15(13-17)14-21-18-9-7-16(8-10-18)19(23)22-11-2-1-3-12-22/h4-10,13,21H,1-3,11-12,14H2. The highest BCUT2D eigenvalue weighted by Gasteiger charge is 2.17. The second kappa shape index (κ2) is 7.51. The minimum absolute atomic E-state index is 0.145. The van der Waals surface area contributed by atoms with Gasteiger partial charge in [0, 0.05) is 35.9 Å². The number of rotatable bonds is 4. The summed E-state index contributed by atoms with van der Waals surface area (Å²) in [6, 6.07) is 15.5. The van der Waals surface area contributed by atoms with Gasteiger partial charge in [-0.2, -0.15) is 0 Å². The molecule has 0 atom stereocenters. The lowest BCUT2D eigenvalue weighted by Crippen LogP contribution is -2.35. The van der Waals surface area contributed by atoms with E-state index in [0.29, 0.717) is 6.54 Å². The van der Waals surface area contributed by atoms with E-state index in [9.17, 15) is 4.79 Å². The SMILES string of the molecule is O=C(c1ccc(NCc2cccc(Cl)c2)cc1)N1CCCCC1. The summed E-state index contributed by atoms with van der Waals surface area (Å²) in [4.78, 5) is 14.4. The molecule has 23 heavy (non-hydrogen) atoms. The minimum atomic E-state index is 0.145. The molecule has 1 heterocycles. The fourth-order valence-electron chi connectivity index (χ4n) is 2.86. The van der Waals surface area contributed by atoms with Crippen LogP contribution in [0.25, 0.3) is 0 Å². The van der Waals surface area contributed by atoms with Gasteiger partial charge in [0.25, 0.3) is 5.91 Å². The molecule has 4 heteroatoms. The predicted molar refractivity (Wildman–Crippen MR) is 95.0 cm³/mol. The van der Waals surface area contributed by atoms with E-state index in [1.807, 2.05) is 53.4 Å². The molecule has 3 nitrogen and oxygen atoms in total. The van der Waals surface area contributed by atoms with Gasteiger partial charge in [0.15, 0.2) is 0 Å². The number of halogens is 1. The summed E-state index contributed by atoms with van der Waals surface area (Å²) in [7, 11) is 0. The first kappa shape index (κ1) is 15.9. The summed E-state index contributed by atoms with van der Waals surface area (Å²) in [5.41, 5.74) is 2.89. The molecule has 120 valence electrons. The second-order valence-corrected chi connectivity index (χ2v) is 6.35. The second-order valence-electron chi connectivity index (χ2n) is 5.91. The van der Waals surface area contributed by atoms with Crippen molar-refractivity contribution in [3.63, 3.8) is 0 Å². The zero-order chi connectivity index (χ0) is 16.1. The van der Waals surface area contributed by atoms with E-state index in [1.54, 1.807) is 0 Å². The summed E-state index contributed by atoms with van der Waals surface area (Å²) in [5.74, 6) is 0.145. The smallest absolute Gasteiger partial charge is 0.253 e. The molecule has 0 aliphatic carbocycles. The number of hydrogen-bond donors (Lipinski definition) is 1. The number of nitrogens with zero attached hydrogens (tertiary/aromatic N) is 1. The van der Waals surface area contributed by atoms with E-state index in [0.717, 1.165) is 47.8 Å². The Morgan fingerprint density at radius 3 is 2.48 bits per heavy atom. The average Bonchev–Trinajstić information content (AvgIpc) is 2.61. The van der Waals surface area contributed by atoms with Gasteiger partial charge in [0.1, 0.15) is 0 Å². The highest BCUT2D eigenvalue weighted by atomic mass is 35.5. The van der Waals surface area contributed by atoms with Crippen molar-refractivity contribution in [1.82, 2.24) is 4.90 Å². The molecule has 0 radical (unpaired) electrons. The van der Waals surface area contributed by atoms with E-state index >= 15 is 0 Å². The van der Waals surface area contributed by atoms with Crippen LogP contribution < -0.4 is 5.32 Å². The number of carbonyl (C=O) groups is 1.